The number of ether oxygens (including phenoxy) is 1. The van der Waals surface area contributed by atoms with Gasteiger partial charge in [0, 0.05) is 19.0 Å². The van der Waals surface area contributed by atoms with Crippen LogP contribution in [0.5, 0.6) is 5.88 Å². The average Bonchev–Trinajstić information content (AvgIpc) is 2.87. The van der Waals surface area contributed by atoms with Gasteiger partial charge in [-0.25, -0.2) is 9.59 Å². The molecule has 2 atom stereocenters. The highest BCUT2D eigenvalue weighted by molar-refractivity contribution is 5.80. The highest BCUT2D eigenvalue weighted by Crippen LogP contribution is 2.23. The molecular weight excluding hydrogens is 292 g/mol. The van der Waals surface area contributed by atoms with E-state index in [9.17, 15) is 14.4 Å². The normalized spacial score (nSPS) is 20.6. The number of rotatable bonds is 5. The molecule has 2 N–H and O–H groups in total. The molecule has 8 heteroatoms. The molecule has 1 saturated heterocycles. The third kappa shape index (κ3) is 3.11. The second kappa shape index (κ2) is 6.33. The number of aliphatic carboxylic acids is 1. The van der Waals surface area contributed by atoms with Crippen LogP contribution >= 0.6 is 0 Å². The summed E-state index contributed by atoms with van der Waals surface area (Å²) >= 11 is 0. The summed E-state index contributed by atoms with van der Waals surface area (Å²) in [5.74, 6) is -0.959. The monoisotopic (exact) mass is 308 g/mol. The fraction of sp³-hybridized carbons (Fsp3) is 0.357. The Morgan fingerprint density at radius 1 is 1.41 bits per heavy atom. The van der Waals surface area contributed by atoms with Gasteiger partial charge in [0.05, 0.1) is 6.54 Å². The molecule has 118 valence electrons. The number of likely N-dealkylation sites (tertiary alicyclic amines) is 1. The van der Waals surface area contributed by atoms with E-state index in [1.54, 1.807) is 6.07 Å². The number of amides is 1. The molecule has 1 fully saturated rings. The van der Waals surface area contributed by atoms with Crippen molar-refractivity contribution in [3.8, 4) is 5.88 Å². The van der Waals surface area contributed by atoms with E-state index in [1.165, 1.54) is 22.8 Å². The Kier molecular flexibility index (Phi) is 4.50. The van der Waals surface area contributed by atoms with Gasteiger partial charge in [0.25, 0.3) is 5.56 Å². The number of carbonyl (C=O) groups is 2. The first-order valence-corrected chi connectivity index (χ1v) is 6.63. The number of nitrogens with zero attached hydrogens (tertiary/aromatic N) is 2. The SMILES string of the molecule is C=CCn1c(O[C@@H]2C[C@@H](C(=O)O)N(C(=O)O)C2)cccc1=O. The summed E-state index contributed by atoms with van der Waals surface area (Å²) in [5.41, 5.74) is -0.278. The molecule has 0 saturated carbocycles. The van der Waals surface area contributed by atoms with Gasteiger partial charge in [0.1, 0.15) is 12.1 Å². The van der Waals surface area contributed by atoms with Crippen molar-refractivity contribution >= 4 is 12.1 Å². The first-order valence-electron chi connectivity index (χ1n) is 6.63. The van der Waals surface area contributed by atoms with E-state index in [0.29, 0.717) is 0 Å². The number of carboxylic acid groups (broad SMARTS) is 2. The fourth-order valence-electron chi connectivity index (χ4n) is 2.41. The van der Waals surface area contributed by atoms with Crippen molar-refractivity contribution in [3.05, 3.63) is 41.2 Å². The van der Waals surface area contributed by atoms with Gasteiger partial charge in [-0.15, -0.1) is 6.58 Å². The molecule has 0 unspecified atom stereocenters. The molecule has 2 rings (SSSR count). The molecule has 0 aliphatic carbocycles. The lowest BCUT2D eigenvalue weighted by Gasteiger charge is -2.17. The topological polar surface area (TPSA) is 109 Å². The lowest BCUT2D eigenvalue weighted by atomic mass is 10.2. The summed E-state index contributed by atoms with van der Waals surface area (Å²) in [5, 5.41) is 18.1. The molecule has 1 aliphatic rings. The van der Waals surface area contributed by atoms with Gasteiger partial charge in [-0.1, -0.05) is 12.1 Å². The van der Waals surface area contributed by atoms with E-state index in [0.717, 1.165) is 4.90 Å². The maximum atomic E-state index is 11.8. The minimum Gasteiger partial charge on any atom is -0.480 e. The van der Waals surface area contributed by atoms with Crippen LogP contribution in [0.2, 0.25) is 0 Å². The van der Waals surface area contributed by atoms with Crippen LogP contribution in [0.1, 0.15) is 6.42 Å². The van der Waals surface area contributed by atoms with Crippen molar-refractivity contribution in [1.82, 2.24) is 9.47 Å². The van der Waals surface area contributed by atoms with Crippen molar-refractivity contribution in [1.29, 1.82) is 0 Å². The molecule has 1 amide bonds. The van der Waals surface area contributed by atoms with Crippen LogP contribution in [0.4, 0.5) is 4.79 Å². The summed E-state index contributed by atoms with van der Waals surface area (Å²) in [6.45, 7) is 3.74. The summed E-state index contributed by atoms with van der Waals surface area (Å²) in [6.07, 6.45) is -0.379. The molecule has 1 aromatic heterocycles. The van der Waals surface area contributed by atoms with Gasteiger partial charge in [0.15, 0.2) is 5.88 Å². The van der Waals surface area contributed by atoms with Crippen LogP contribution in [0, 0.1) is 0 Å². The molecule has 0 bridgehead atoms. The maximum Gasteiger partial charge on any atom is 0.408 e. The minimum absolute atomic E-state index is 0.0266. The predicted octanol–water partition coefficient (Wildman–Crippen LogP) is 0.619. The minimum atomic E-state index is -1.31. The largest absolute Gasteiger partial charge is 0.480 e. The van der Waals surface area contributed by atoms with Gasteiger partial charge in [-0.2, -0.15) is 0 Å². The second-order valence-corrected chi connectivity index (χ2v) is 4.87. The third-order valence-electron chi connectivity index (χ3n) is 3.40. The smallest absolute Gasteiger partial charge is 0.408 e. The van der Waals surface area contributed by atoms with Gasteiger partial charge in [-0.3, -0.25) is 14.3 Å². The molecule has 0 aromatic carbocycles. The fourth-order valence-corrected chi connectivity index (χ4v) is 2.41. The Hall–Kier alpha value is -2.77. The standard InChI is InChI=1S/C14H16N2O6/c1-2-6-15-11(17)4-3-5-12(15)22-9-7-10(13(18)19)16(8-9)14(20)21/h2-5,9-10H,1,6-8H2,(H,18,19)(H,20,21)/t9-,10+/m1/s1. The third-order valence-corrected chi connectivity index (χ3v) is 3.40. The van der Waals surface area contributed by atoms with Crippen LogP contribution in [0.25, 0.3) is 0 Å². The highest BCUT2D eigenvalue weighted by atomic mass is 16.5. The zero-order chi connectivity index (χ0) is 16.3. The van der Waals surface area contributed by atoms with Gasteiger partial charge < -0.3 is 14.9 Å². The summed E-state index contributed by atoms with van der Waals surface area (Å²) in [4.78, 5) is 34.8. The van der Waals surface area contributed by atoms with Gasteiger partial charge >= 0.3 is 12.1 Å². The van der Waals surface area contributed by atoms with Crippen molar-refractivity contribution in [2.24, 2.45) is 0 Å². The number of hydrogen-bond donors (Lipinski definition) is 2. The van der Waals surface area contributed by atoms with Crippen LogP contribution in [0.3, 0.4) is 0 Å². The predicted molar refractivity (Wildman–Crippen MR) is 76.1 cm³/mol. The Balaban J connectivity index is 2.20. The molecular formula is C14H16N2O6. The number of allylic oxidation sites excluding steroid dienone is 1. The molecule has 8 nitrogen and oxygen atoms in total. The second-order valence-electron chi connectivity index (χ2n) is 4.87. The van der Waals surface area contributed by atoms with E-state index < -0.39 is 24.2 Å². The summed E-state index contributed by atoms with van der Waals surface area (Å²) in [7, 11) is 0. The zero-order valence-corrected chi connectivity index (χ0v) is 11.7. The van der Waals surface area contributed by atoms with Crippen LogP contribution in [0.15, 0.2) is 35.6 Å². The first-order chi connectivity index (χ1) is 10.4. The van der Waals surface area contributed by atoms with Crippen LogP contribution in [-0.4, -0.2) is 50.4 Å². The Morgan fingerprint density at radius 3 is 2.68 bits per heavy atom. The van der Waals surface area contributed by atoms with Crippen molar-refractivity contribution in [2.45, 2.75) is 25.1 Å². The number of hydrogen-bond acceptors (Lipinski definition) is 4. The Morgan fingerprint density at radius 2 is 2.14 bits per heavy atom. The number of aromatic nitrogens is 1. The molecule has 1 aromatic rings. The molecule has 22 heavy (non-hydrogen) atoms. The van der Waals surface area contributed by atoms with E-state index in [2.05, 4.69) is 6.58 Å². The summed E-state index contributed by atoms with van der Waals surface area (Å²) in [6, 6.07) is 3.32. The number of carboxylic acids is 1. The van der Waals surface area contributed by atoms with E-state index >= 15 is 0 Å². The van der Waals surface area contributed by atoms with Crippen LogP contribution in [-0.2, 0) is 11.3 Å². The van der Waals surface area contributed by atoms with Gasteiger partial charge in [0.2, 0.25) is 0 Å². The van der Waals surface area contributed by atoms with E-state index in [-0.39, 0.29) is 30.9 Å². The van der Waals surface area contributed by atoms with Gasteiger partial charge in [-0.05, 0) is 6.07 Å². The lowest BCUT2D eigenvalue weighted by molar-refractivity contribution is -0.141. The maximum absolute atomic E-state index is 11.8. The number of pyridine rings is 1. The average molecular weight is 308 g/mol. The first kappa shape index (κ1) is 15.6. The zero-order valence-electron chi connectivity index (χ0n) is 11.7. The lowest BCUT2D eigenvalue weighted by Crippen LogP contribution is -2.39. The Labute approximate surface area is 125 Å². The molecule has 1 aliphatic heterocycles. The van der Waals surface area contributed by atoms with E-state index in [4.69, 9.17) is 14.9 Å². The summed E-state index contributed by atoms with van der Waals surface area (Å²) < 4.78 is 6.99. The van der Waals surface area contributed by atoms with Crippen molar-refractivity contribution in [2.75, 3.05) is 6.54 Å². The molecule has 0 radical (unpaired) electrons. The van der Waals surface area contributed by atoms with E-state index in [1.807, 2.05) is 0 Å². The van der Waals surface area contributed by atoms with Crippen LogP contribution < -0.4 is 10.3 Å². The van der Waals surface area contributed by atoms with Crippen molar-refractivity contribution in [3.63, 3.8) is 0 Å². The molecule has 2 heterocycles. The highest BCUT2D eigenvalue weighted by Gasteiger charge is 2.41. The van der Waals surface area contributed by atoms with Crippen molar-refractivity contribution < 1.29 is 24.5 Å². The Bertz CT molecular complexity index is 631. The quantitative estimate of drug-likeness (QED) is 0.772. The molecule has 0 spiro atoms.